The Kier molecular flexibility index (Phi) is 7.90. The molecule has 0 bridgehead atoms. The van der Waals surface area contributed by atoms with Gasteiger partial charge in [0.05, 0.1) is 5.69 Å². The minimum absolute atomic E-state index is 0. The second-order valence-corrected chi connectivity index (χ2v) is 6.97. The van der Waals surface area contributed by atoms with Gasteiger partial charge in [-0.1, -0.05) is 29.8 Å². The first-order chi connectivity index (χ1) is 12.5. The minimum atomic E-state index is -0.546. The highest BCUT2D eigenvalue weighted by molar-refractivity contribution is 5.85. The molecule has 1 saturated heterocycles. The van der Waals surface area contributed by atoms with Crippen molar-refractivity contribution in [2.24, 2.45) is 0 Å². The number of piperazine rings is 1. The van der Waals surface area contributed by atoms with E-state index in [4.69, 9.17) is 4.74 Å². The molecule has 2 aromatic carbocycles. The molecule has 1 fully saturated rings. The van der Waals surface area contributed by atoms with Gasteiger partial charge in [0.15, 0.2) is 0 Å². The summed E-state index contributed by atoms with van der Waals surface area (Å²) in [6.45, 7) is 8.01. The highest BCUT2D eigenvalue weighted by atomic mass is 35.5. The number of β-amino-alcohol motifs (C(OH)–C–C–N with tert-alkyl or cyclic N) is 1. The van der Waals surface area contributed by atoms with Crippen LogP contribution in [0.2, 0.25) is 0 Å². The van der Waals surface area contributed by atoms with E-state index >= 15 is 0 Å². The Morgan fingerprint density at radius 2 is 1.78 bits per heavy atom. The number of aliphatic hydroxyl groups is 1. The fourth-order valence-electron chi connectivity index (χ4n) is 3.38. The normalized spacial score (nSPS) is 15.9. The van der Waals surface area contributed by atoms with Crippen molar-refractivity contribution in [2.75, 3.05) is 44.2 Å². The van der Waals surface area contributed by atoms with Gasteiger partial charge in [-0.2, -0.15) is 0 Å². The van der Waals surface area contributed by atoms with Gasteiger partial charge in [-0.05, 0) is 37.6 Å². The van der Waals surface area contributed by atoms with E-state index in [1.54, 1.807) is 6.07 Å². The van der Waals surface area contributed by atoms with Crippen molar-refractivity contribution >= 4 is 18.1 Å². The van der Waals surface area contributed by atoms with Gasteiger partial charge in [0.2, 0.25) is 0 Å². The quantitative estimate of drug-likeness (QED) is 0.814. The molecule has 4 nitrogen and oxygen atoms in total. The fourth-order valence-corrected chi connectivity index (χ4v) is 3.38. The molecule has 0 spiro atoms. The molecule has 1 unspecified atom stereocenters. The Morgan fingerprint density at radius 3 is 2.44 bits per heavy atom. The lowest BCUT2D eigenvalue weighted by Crippen LogP contribution is -2.49. The lowest BCUT2D eigenvalue weighted by molar-refractivity contribution is 0.0660. The third-order valence-electron chi connectivity index (χ3n) is 4.80. The van der Waals surface area contributed by atoms with E-state index in [9.17, 15) is 9.50 Å². The molecule has 0 aromatic heterocycles. The number of para-hydroxylation sites is 1. The number of ether oxygens (including phenoxy) is 1. The maximum absolute atomic E-state index is 13.9. The number of aliphatic hydroxyl groups excluding tert-OH is 1. The van der Waals surface area contributed by atoms with Crippen LogP contribution in [0.1, 0.15) is 11.1 Å². The first kappa shape index (κ1) is 21.5. The molecular formula is C21H28ClFN2O2. The van der Waals surface area contributed by atoms with Gasteiger partial charge in [-0.15, -0.1) is 12.4 Å². The van der Waals surface area contributed by atoms with Crippen molar-refractivity contribution in [3.05, 3.63) is 59.4 Å². The molecule has 0 aliphatic carbocycles. The number of hydrogen-bond acceptors (Lipinski definition) is 4. The predicted octanol–water partition coefficient (Wildman–Crippen LogP) is 3.43. The summed E-state index contributed by atoms with van der Waals surface area (Å²) < 4.78 is 19.7. The van der Waals surface area contributed by atoms with Crippen LogP contribution in [0.4, 0.5) is 10.1 Å². The maximum Gasteiger partial charge on any atom is 0.146 e. The van der Waals surface area contributed by atoms with E-state index in [0.29, 0.717) is 12.2 Å². The molecule has 148 valence electrons. The van der Waals surface area contributed by atoms with Crippen molar-refractivity contribution in [1.82, 2.24) is 4.90 Å². The molecule has 0 amide bonds. The van der Waals surface area contributed by atoms with Gasteiger partial charge in [0, 0.05) is 32.7 Å². The summed E-state index contributed by atoms with van der Waals surface area (Å²) in [6.07, 6.45) is -0.546. The molecular weight excluding hydrogens is 367 g/mol. The molecule has 0 radical (unpaired) electrons. The number of rotatable bonds is 6. The van der Waals surface area contributed by atoms with Crippen LogP contribution < -0.4 is 9.64 Å². The van der Waals surface area contributed by atoms with Gasteiger partial charge in [0.1, 0.15) is 24.3 Å². The minimum Gasteiger partial charge on any atom is -0.491 e. The zero-order valence-corrected chi connectivity index (χ0v) is 16.7. The van der Waals surface area contributed by atoms with E-state index in [0.717, 1.165) is 37.5 Å². The largest absolute Gasteiger partial charge is 0.491 e. The molecule has 3 rings (SSSR count). The van der Waals surface area contributed by atoms with Gasteiger partial charge in [-0.25, -0.2) is 4.39 Å². The van der Waals surface area contributed by atoms with Crippen LogP contribution in [0, 0.1) is 19.7 Å². The number of anilines is 1. The first-order valence-electron chi connectivity index (χ1n) is 9.13. The summed E-state index contributed by atoms with van der Waals surface area (Å²) in [5.74, 6) is 0.641. The van der Waals surface area contributed by atoms with Crippen molar-refractivity contribution in [2.45, 2.75) is 20.0 Å². The molecule has 27 heavy (non-hydrogen) atoms. The second-order valence-electron chi connectivity index (χ2n) is 6.97. The van der Waals surface area contributed by atoms with Crippen LogP contribution in [0.15, 0.2) is 42.5 Å². The van der Waals surface area contributed by atoms with Crippen LogP contribution in [-0.2, 0) is 0 Å². The molecule has 1 aliphatic rings. The molecule has 2 aromatic rings. The molecule has 1 N–H and O–H groups in total. The van der Waals surface area contributed by atoms with E-state index in [1.807, 2.05) is 38.1 Å². The van der Waals surface area contributed by atoms with E-state index in [-0.39, 0.29) is 24.8 Å². The Bertz CT molecular complexity index is 736. The van der Waals surface area contributed by atoms with Crippen molar-refractivity contribution in [3.8, 4) is 5.75 Å². The standard InChI is InChI=1S/C21H27FN2O2.ClH/c1-16-7-8-21(17(2)13-16)26-15-18(25)14-23-9-11-24(12-10-23)20-6-4-3-5-19(20)22;/h3-8,13,18,25H,9-12,14-15H2,1-2H3;1H. The predicted molar refractivity (Wildman–Crippen MR) is 110 cm³/mol. The number of nitrogens with zero attached hydrogens (tertiary/aromatic N) is 2. The second kappa shape index (κ2) is 9.93. The Morgan fingerprint density at radius 1 is 1.07 bits per heavy atom. The van der Waals surface area contributed by atoms with Gasteiger partial charge >= 0.3 is 0 Å². The summed E-state index contributed by atoms with van der Waals surface area (Å²) in [5, 5.41) is 10.3. The molecule has 1 heterocycles. The fraction of sp³-hybridized carbons (Fsp3) is 0.429. The summed E-state index contributed by atoms with van der Waals surface area (Å²) in [5.41, 5.74) is 2.93. The molecule has 6 heteroatoms. The molecule has 1 atom stereocenters. The Hall–Kier alpha value is -1.82. The first-order valence-corrected chi connectivity index (χ1v) is 9.13. The highest BCUT2D eigenvalue weighted by Gasteiger charge is 2.21. The third kappa shape index (κ3) is 5.83. The Balaban J connectivity index is 0.00000261. The maximum atomic E-state index is 13.9. The van der Waals surface area contributed by atoms with E-state index < -0.39 is 6.10 Å². The Labute approximate surface area is 167 Å². The summed E-state index contributed by atoms with van der Waals surface area (Å²) in [4.78, 5) is 4.26. The topological polar surface area (TPSA) is 35.9 Å². The summed E-state index contributed by atoms with van der Waals surface area (Å²) in [6, 6.07) is 12.9. The zero-order valence-electron chi connectivity index (χ0n) is 15.9. The number of aryl methyl sites for hydroxylation is 2. The summed E-state index contributed by atoms with van der Waals surface area (Å²) >= 11 is 0. The van der Waals surface area contributed by atoms with Gasteiger partial charge in [-0.3, -0.25) is 4.90 Å². The van der Waals surface area contributed by atoms with Crippen molar-refractivity contribution < 1.29 is 14.2 Å². The number of halogens is 2. The van der Waals surface area contributed by atoms with Crippen LogP contribution in [0.25, 0.3) is 0 Å². The number of benzene rings is 2. The van der Waals surface area contributed by atoms with Crippen molar-refractivity contribution in [3.63, 3.8) is 0 Å². The lowest BCUT2D eigenvalue weighted by Gasteiger charge is -2.37. The monoisotopic (exact) mass is 394 g/mol. The van der Waals surface area contributed by atoms with Crippen LogP contribution >= 0.6 is 12.4 Å². The van der Waals surface area contributed by atoms with Gasteiger partial charge in [0.25, 0.3) is 0 Å². The highest BCUT2D eigenvalue weighted by Crippen LogP contribution is 2.21. The van der Waals surface area contributed by atoms with Crippen LogP contribution in [0.5, 0.6) is 5.75 Å². The van der Waals surface area contributed by atoms with E-state index in [1.165, 1.54) is 11.6 Å². The SMILES string of the molecule is Cc1ccc(OCC(O)CN2CCN(c3ccccc3F)CC2)c(C)c1.Cl. The zero-order chi connectivity index (χ0) is 18.5. The average Bonchev–Trinajstić information content (AvgIpc) is 2.62. The van der Waals surface area contributed by atoms with Gasteiger partial charge < -0.3 is 14.7 Å². The van der Waals surface area contributed by atoms with Crippen LogP contribution in [-0.4, -0.2) is 55.4 Å². The smallest absolute Gasteiger partial charge is 0.146 e. The number of hydrogen-bond donors (Lipinski definition) is 1. The summed E-state index contributed by atoms with van der Waals surface area (Å²) in [7, 11) is 0. The molecule has 1 aliphatic heterocycles. The van der Waals surface area contributed by atoms with Crippen LogP contribution in [0.3, 0.4) is 0 Å². The third-order valence-corrected chi connectivity index (χ3v) is 4.80. The lowest BCUT2D eigenvalue weighted by atomic mass is 10.1. The van der Waals surface area contributed by atoms with E-state index in [2.05, 4.69) is 15.9 Å². The van der Waals surface area contributed by atoms with Crippen molar-refractivity contribution in [1.29, 1.82) is 0 Å². The average molecular weight is 395 g/mol. The molecule has 0 saturated carbocycles.